The Balaban J connectivity index is 2.05. The molecule has 1 aromatic heterocycles. The lowest BCUT2D eigenvalue weighted by Gasteiger charge is -2.25. The van der Waals surface area contributed by atoms with Crippen LogP contribution in [0.1, 0.15) is 36.7 Å². The van der Waals surface area contributed by atoms with Gasteiger partial charge in [-0.05, 0) is 25.0 Å². The Morgan fingerprint density at radius 2 is 2.32 bits per heavy atom. The van der Waals surface area contributed by atoms with Gasteiger partial charge in [-0.25, -0.2) is 4.39 Å². The molecule has 0 bridgehead atoms. The van der Waals surface area contributed by atoms with E-state index < -0.39 is 11.2 Å². The Morgan fingerprint density at radius 1 is 1.53 bits per heavy atom. The molecule has 1 fully saturated rings. The summed E-state index contributed by atoms with van der Waals surface area (Å²) in [6, 6.07) is 6.11. The van der Waals surface area contributed by atoms with E-state index in [9.17, 15) is 9.18 Å². The molecule has 0 spiro atoms. The molecule has 1 aliphatic carbocycles. The van der Waals surface area contributed by atoms with E-state index in [1.54, 1.807) is 18.2 Å². The van der Waals surface area contributed by atoms with Crippen LogP contribution in [0.25, 0.3) is 11.0 Å². The predicted molar refractivity (Wildman–Crippen MR) is 70.4 cm³/mol. The molecule has 2 atom stereocenters. The van der Waals surface area contributed by atoms with Gasteiger partial charge < -0.3 is 10.2 Å². The number of hydrogen-bond donors (Lipinski definition) is 1. The molecule has 0 saturated heterocycles. The maximum Gasteiger partial charge on any atom is 0.205 e. The molecule has 0 radical (unpaired) electrons. The van der Waals surface area contributed by atoms with Crippen molar-refractivity contribution in [1.82, 2.24) is 0 Å². The smallest absolute Gasteiger partial charge is 0.205 e. The Morgan fingerprint density at radius 3 is 2.95 bits per heavy atom. The van der Waals surface area contributed by atoms with Gasteiger partial charge in [-0.1, -0.05) is 25.5 Å². The SMILES string of the molecule is CC1(C(=O)c2cc3cccc(F)c3o2)CCCC1N. The van der Waals surface area contributed by atoms with Gasteiger partial charge >= 0.3 is 0 Å². The fraction of sp³-hybridized carbons (Fsp3) is 0.400. The number of hydrogen-bond acceptors (Lipinski definition) is 3. The van der Waals surface area contributed by atoms with E-state index in [1.807, 2.05) is 6.92 Å². The zero-order valence-electron chi connectivity index (χ0n) is 10.8. The lowest BCUT2D eigenvalue weighted by Crippen LogP contribution is -2.41. The number of Topliss-reactive ketones (excluding diaryl/α,β-unsaturated/α-hetero) is 1. The fourth-order valence-electron chi connectivity index (χ4n) is 2.90. The van der Waals surface area contributed by atoms with Gasteiger partial charge in [-0.15, -0.1) is 0 Å². The summed E-state index contributed by atoms with van der Waals surface area (Å²) in [6.45, 7) is 1.87. The van der Waals surface area contributed by atoms with Gasteiger partial charge in [0.25, 0.3) is 0 Å². The van der Waals surface area contributed by atoms with Crippen LogP contribution >= 0.6 is 0 Å². The van der Waals surface area contributed by atoms with Crippen molar-refractivity contribution in [3.8, 4) is 0 Å². The molecule has 2 unspecified atom stereocenters. The van der Waals surface area contributed by atoms with Crippen LogP contribution in [-0.2, 0) is 0 Å². The molecule has 3 rings (SSSR count). The molecular weight excluding hydrogens is 245 g/mol. The molecule has 3 nitrogen and oxygen atoms in total. The van der Waals surface area contributed by atoms with Gasteiger partial charge in [-0.3, -0.25) is 4.79 Å². The highest BCUT2D eigenvalue weighted by molar-refractivity contribution is 6.01. The van der Waals surface area contributed by atoms with Gasteiger partial charge in [0.1, 0.15) is 0 Å². The second-order valence-electron chi connectivity index (χ2n) is 5.51. The highest BCUT2D eigenvalue weighted by Crippen LogP contribution is 2.40. The van der Waals surface area contributed by atoms with Crippen molar-refractivity contribution in [3.05, 3.63) is 35.8 Å². The van der Waals surface area contributed by atoms with Crippen LogP contribution in [0, 0.1) is 11.2 Å². The van der Waals surface area contributed by atoms with E-state index in [-0.39, 0.29) is 23.2 Å². The van der Waals surface area contributed by atoms with Crippen molar-refractivity contribution in [3.63, 3.8) is 0 Å². The molecule has 1 aromatic carbocycles. The summed E-state index contributed by atoms with van der Waals surface area (Å²) in [7, 11) is 0. The molecule has 1 heterocycles. The summed E-state index contributed by atoms with van der Waals surface area (Å²) in [5, 5.41) is 0.610. The third-order valence-electron chi connectivity index (χ3n) is 4.27. The highest BCUT2D eigenvalue weighted by Gasteiger charge is 2.44. The van der Waals surface area contributed by atoms with Gasteiger partial charge in [0.05, 0.1) is 0 Å². The average molecular weight is 261 g/mol. The first-order valence-corrected chi connectivity index (χ1v) is 6.51. The third-order valence-corrected chi connectivity index (χ3v) is 4.27. The number of carbonyl (C=O) groups excluding carboxylic acids is 1. The number of halogens is 1. The number of para-hydroxylation sites is 1. The topological polar surface area (TPSA) is 56.2 Å². The number of nitrogens with two attached hydrogens (primary N) is 1. The van der Waals surface area contributed by atoms with E-state index in [1.165, 1.54) is 6.07 Å². The number of furan rings is 1. The Kier molecular flexibility index (Phi) is 2.71. The molecule has 2 N–H and O–H groups in total. The van der Waals surface area contributed by atoms with E-state index in [0.29, 0.717) is 5.39 Å². The van der Waals surface area contributed by atoms with Crippen molar-refractivity contribution in [2.75, 3.05) is 0 Å². The minimum absolute atomic E-state index is 0.117. The molecule has 19 heavy (non-hydrogen) atoms. The van der Waals surface area contributed by atoms with Gasteiger partial charge in [0, 0.05) is 16.8 Å². The number of rotatable bonds is 2. The van der Waals surface area contributed by atoms with Crippen LogP contribution in [0.4, 0.5) is 4.39 Å². The summed E-state index contributed by atoms with van der Waals surface area (Å²) < 4.78 is 19.0. The fourth-order valence-corrected chi connectivity index (χ4v) is 2.90. The van der Waals surface area contributed by atoms with Crippen LogP contribution < -0.4 is 5.73 Å². The van der Waals surface area contributed by atoms with E-state index in [2.05, 4.69) is 0 Å². The highest BCUT2D eigenvalue weighted by atomic mass is 19.1. The second-order valence-corrected chi connectivity index (χ2v) is 5.51. The molecule has 0 amide bonds. The number of benzene rings is 1. The maximum absolute atomic E-state index is 13.6. The van der Waals surface area contributed by atoms with Crippen LogP contribution in [0.5, 0.6) is 0 Å². The van der Waals surface area contributed by atoms with Crippen molar-refractivity contribution >= 4 is 16.8 Å². The summed E-state index contributed by atoms with van der Waals surface area (Å²) in [4.78, 5) is 12.6. The normalized spacial score (nSPS) is 27.0. The summed E-state index contributed by atoms with van der Waals surface area (Å²) in [5.74, 6) is -0.356. The van der Waals surface area contributed by atoms with Crippen molar-refractivity contribution < 1.29 is 13.6 Å². The first-order valence-electron chi connectivity index (χ1n) is 6.51. The number of carbonyl (C=O) groups is 1. The molecule has 2 aromatic rings. The number of ketones is 1. The van der Waals surface area contributed by atoms with Gasteiger partial charge in [0.15, 0.2) is 17.2 Å². The predicted octanol–water partition coefficient (Wildman–Crippen LogP) is 3.27. The van der Waals surface area contributed by atoms with Crippen molar-refractivity contribution in [1.29, 1.82) is 0 Å². The Bertz CT molecular complexity index is 649. The average Bonchev–Trinajstić information content (AvgIpc) is 2.95. The number of fused-ring (bicyclic) bond motifs is 1. The maximum atomic E-state index is 13.6. The monoisotopic (exact) mass is 261 g/mol. The lowest BCUT2D eigenvalue weighted by atomic mass is 9.80. The van der Waals surface area contributed by atoms with E-state index in [4.69, 9.17) is 10.2 Å². The molecule has 1 aliphatic rings. The molecule has 100 valence electrons. The van der Waals surface area contributed by atoms with Gasteiger partial charge in [0.2, 0.25) is 5.78 Å². The largest absolute Gasteiger partial charge is 0.450 e. The molecule has 4 heteroatoms. The van der Waals surface area contributed by atoms with E-state index >= 15 is 0 Å². The zero-order valence-corrected chi connectivity index (χ0v) is 10.8. The molecular formula is C15H16FNO2. The van der Waals surface area contributed by atoms with Crippen molar-refractivity contribution in [2.45, 2.75) is 32.2 Å². The minimum Gasteiger partial charge on any atom is -0.450 e. The van der Waals surface area contributed by atoms with Crippen molar-refractivity contribution in [2.24, 2.45) is 11.1 Å². The lowest BCUT2D eigenvalue weighted by molar-refractivity contribution is 0.0774. The first kappa shape index (κ1) is 12.4. The minimum atomic E-state index is -0.593. The first-order chi connectivity index (χ1) is 9.02. The van der Waals surface area contributed by atoms with Crippen LogP contribution in [0.15, 0.2) is 28.7 Å². The Hall–Kier alpha value is -1.68. The van der Waals surface area contributed by atoms with Crippen LogP contribution in [0.2, 0.25) is 0 Å². The van der Waals surface area contributed by atoms with E-state index in [0.717, 1.165) is 19.3 Å². The molecule has 1 saturated carbocycles. The van der Waals surface area contributed by atoms with Crippen LogP contribution in [0.3, 0.4) is 0 Å². The third kappa shape index (κ3) is 1.78. The quantitative estimate of drug-likeness (QED) is 0.844. The Labute approximate surface area is 110 Å². The summed E-state index contributed by atoms with van der Waals surface area (Å²) in [6.07, 6.45) is 2.54. The van der Waals surface area contributed by atoms with Crippen LogP contribution in [-0.4, -0.2) is 11.8 Å². The summed E-state index contributed by atoms with van der Waals surface area (Å²) >= 11 is 0. The standard InChI is InChI=1S/C15H16FNO2/c1-15(7-3-6-12(15)17)14(18)11-8-9-4-2-5-10(16)13(9)19-11/h2,4-5,8,12H,3,6-7,17H2,1H3. The summed E-state index contributed by atoms with van der Waals surface area (Å²) in [5.41, 5.74) is 5.59. The second kappa shape index (κ2) is 4.17. The molecule has 0 aliphatic heterocycles. The zero-order chi connectivity index (χ0) is 13.6. The van der Waals surface area contributed by atoms with Gasteiger partial charge in [-0.2, -0.15) is 0 Å².